The molecule has 0 nitrogen and oxygen atoms in total. The van der Waals surface area contributed by atoms with Crippen LogP contribution in [0.2, 0.25) is 0 Å². The normalized spacial score (nSPS) is 23.9. The first-order chi connectivity index (χ1) is 11.2. The monoisotopic (exact) mass is 300 g/mol. The van der Waals surface area contributed by atoms with E-state index in [4.69, 9.17) is 0 Å². The molecule has 2 unspecified atom stereocenters. The Morgan fingerprint density at radius 1 is 0.957 bits per heavy atom. The Bertz CT molecular complexity index is 719. The highest BCUT2D eigenvalue weighted by atomic mass is 14.4. The van der Waals surface area contributed by atoms with Gasteiger partial charge in [0.25, 0.3) is 0 Å². The number of benzene rings is 2. The Labute approximate surface area is 139 Å². The zero-order valence-corrected chi connectivity index (χ0v) is 13.9. The standard InChI is InChI=1S/C23H24/c1-19-11-9-10-16-23(19,2)22(17-20-12-5-3-6-13-20)18-21-14-7-4-8-15-21/h3-17,19H,18H2,1-2H3. The van der Waals surface area contributed by atoms with Crippen LogP contribution >= 0.6 is 0 Å². The van der Waals surface area contributed by atoms with E-state index in [1.165, 1.54) is 16.7 Å². The Hall–Kier alpha value is -2.34. The van der Waals surface area contributed by atoms with Gasteiger partial charge in [0.2, 0.25) is 0 Å². The molecule has 2 atom stereocenters. The zero-order chi connectivity index (χ0) is 16.1. The molecule has 0 aliphatic heterocycles. The van der Waals surface area contributed by atoms with Crippen molar-refractivity contribution in [3.8, 4) is 0 Å². The summed E-state index contributed by atoms with van der Waals surface area (Å²) in [6.45, 7) is 4.67. The van der Waals surface area contributed by atoms with Crippen molar-refractivity contribution >= 4 is 6.08 Å². The molecule has 0 heteroatoms. The molecule has 1 aliphatic rings. The van der Waals surface area contributed by atoms with Crippen molar-refractivity contribution in [2.24, 2.45) is 11.3 Å². The molecule has 0 spiro atoms. The van der Waals surface area contributed by atoms with Gasteiger partial charge in [-0.2, -0.15) is 0 Å². The quantitative estimate of drug-likeness (QED) is 0.641. The topological polar surface area (TPSA) is 0 Å². The lowest BCUT2D eigenvalue weighted by Gasteiger charge is -2.36. The van der Waals surface area contributed by atoms with Crippen molar-refractivity contribution in [1.29, 1.82) is 0 Å². The lowest BCUT2D eigenvalue weighted by atomic mass is 9.68. The summed E-state index contributed by atoms with van der Waals surface area (Å²) in [7, 11) is 0. The van der Waals surface area contributed by atoms with Gasteiger partial charge in [-0.05, 0) is 23.5 Å². The van der Waals surface area contributed by atoms with Crippen LogP contribution in [0.3, 0.4) is 0 Å². The van der Waals surface area contributed by atoms with E-state index in [1.54, 1.807) is 0 Å². The molecule has 0 fully saturated rings. The van der Waals surface area contributed by atoms with Crippen LogP contribution in [-0.4, -0.2) is 0 Å². The first kappa shape index (κ1) is 15.6. The summed E-state index contributed by atoms with van der Waals surface area (Å²) in [5.41, 5.74) is 4.16. The molecule has 2 aromatic rings. The summed E-state index contributed by atoms with van der Waals surface area (Å²) < 4.78 is 0. The highest BCUT2D eigenvalue weighted by molar-refractivity contribution is 5.57. The largest absolute Gasteiger partial charge is 0.0805 e. The van der Waals surface area contributed by atoms with E-state index in [-0.39, 0.29) is 5.41 Å². The molecule has 0 amide bonds. The second kappa shape index (κ2) is 6.83. The van der Waals surface area contributed by atoms with Crippen LogP contribution in [-0.2, 0) is 6.42 Å². The third kappa shape index (κ3) is 3.53. The van der Waals surface area contributed by atoms with Crippen molar-refractivity contribution in [2.45, 2.75) is 20.3 Å². The Morgan fingerprint density at radius 2 is 1.61 bits per heavy atom. The maximum absolute atomic E-state index is 2.37. The van der Waals surface area contributed by atoms with E-state index in [2.05, 4.69) is 105 Å². The molecule has 0 N–H and O–H groups in total. The number of hydrogen-bond acceptors (Lipinski definition) is 0. The van der Waals surface area contributed by atoms with Gasteiger partial charge in [-0.15, -0.1) is 0 Å². The predicted molar refractivity (Wildman–Crippen MR) is 100 cm³/mol. The van der Waals surface area contributed by atoms with Crippen molar-refractivity contribution in [1.82, 2.24) is 0 Å². The molecule has 3 rings (SSSR count). The third-order valence-corrected chi connectivity index (χ3v) is 4.97. The summed E-state index contributed by atoms with van der Waals surface area (Å²) >= 11 is 0. The van der Waals surface area contributed by atoms with Crippen molar-refractivity contribution < 1.29 is 0 Å². The molecule has 0 saturated heterocycles. The lowest BCUT2D eigenvalue weighted by Crippen LogP contribution is -2.27. The van der Waals surface area contributed by atoms with Crippen LogP contribution in [0.15, 0.2) is 90.5 Å². The molecule has 23 heavy (non-hydrogen) atoms. The molecule has 0 saturated carbocycles. The fourth-order valence-electron chi connectivity index (χ4n) is 3.20. The van der Waals surface area contributed by atoms with Gasteiger partial charge in [-0.3, -0.25) is 0 Å². The van der Waals surface area contributed by atoms with Gasteiger partial charge in [0.15, 0.2) is 0 Å². The minimum atomic E-state index is 0.0560. The number of hydrogen-bond donors (Lipinski definition) is 0. The van der Waals surface area contributed by atoms with Gasteiger partial charge in [0.1, 0.15) is 0 Å². The second-order valence-electron chi connectivity index (χ2n) is 6.56. The molecule has 0 aromatic heterocycles. The Balaban J connectivity index is 2.02. The average Bonchev–Trinajstić information content (AvgIpc) is 2.59. The summed E-state index contributed by atoms with van der Waals surface area (Å²) in [6.07, 6.45) is 12.4. The first-order valence-corrected chi connectivity index (χ1v) is 8.34. The van der Waals surface area contributed by atoms with Gasteiger partial charge in [0, 0.05) is 5.41 Å². The van der Waals surface area contributed by atoms with E-state index in [9.17, 15) is 0 Å². The van der Waals surface area contributed by atoms with Gasteiger partial charge in [-0.25, -0.2) is 0 Å². The van der Waals surface area contributed by atoms with E-state index < -0.39 is 0 Å². The zero-order valence-electron chi connectivity index (χ0n) is 13.9. The van der Waals surface area contributed by atoms with Crippen LogP contribution in [0.5, 0.6) is 0 Å². The summed E-state index contributed by atoms with van der Waals surface area (Å²) in [5, 5.41) is 0. The molecular weight excluding hydrogens is 276 g/mol. The summed E-state index contributed by atoms with van der Waals surface area (Å²) in [4.78, 5) is 0. The summed E-state index contributed by atoms with van der Waals surface area (Å²) in [6, 6.07) is 21.4. The van der Waals surface area contributed by atoms with Gasteiger partial charge in [-0.1, -0.05) is 110 Å². The highest BCUT2D eigenvalue weighted by Crippen LogP contribution is 2.42. The van der Waals surface area contributed by atoms with Gasteiger partial charge >= 0.3 is 0 Å². The molecule has 1 aliphatic carbocycles. The number of rotatable bonds is 4. The number of allylic oxidation sites excluding steroid dienone is 5. The molecule has 2 aromatic carbocycles. The maximum Gasteiger partial charge on any atom is 0.0132 e. The SMILES string of the molecule is CC1C=CC=CC1(C)C(=Cc1ccccc1)Cc1ccccc1. The predicted octanol–water partition coefficient (Wildman–Crippen LogP) is 6.08. The second-order valence-corrected chi connectivity index (χ2v) is 6.56. The van der Waals surface area contributed by atoms with E-state index in [0.29, 0.717) is 5.92 Å². The van der Waals surface area contributed by atoms with Crippen molar-refractivity contribution in [2.75, 3.05) is 0 Å². The van der Waals surface area contributed by atoms with Crippen LogP contribution in [0.1, 0.15) is 25.0 Å². The molecule has 0 heterocycles. The van der Waals surface area contributed by atoms with Crippen LogP contribution in [0, 0.1) is 11.3 Å². The molecule has 116 valence electrons. The Morgan fingerprint density at radius 3 is 2.26 bits per heavy atom. The van der Waals surface area contributed by atoms with Crippen LogP contribution in [0.4, 0.5) is 0 Å². The average molecular weight is 300 g/mol. The van der Waals surface area contributed by atoms with Crippen LogP contribution < -0.4 is 0 Å². The molecular formula is C23H24. The fraction of sp³-hybridized carbons (Fsp3) is 0.217. The summed E-state index contributed by atoms with van der Waals surface area (Å²) in [5.74, 6) is 0.492. The van der Waals surface area contributed by atoms with E-state index in [1.807, 2.05) is 0 Å². The van der Waals surface area contributed by atoms with E-state index in [0.717, 1.165) is 6.42 Å². The fourth-order valence-corrected chi connectivity index (χ4v) is 3.20. The van der Waals surface area contributed by atoms with E-state index >= 15 is 0 Å². The van der Waals surface area contributed by atoms with Gasteiger partial charge in [0.05, 0.1) is 0 Å². The molecule has 0 radical (unpaired) electrons. The van der Waals surface area contributed by atoms with Gasteiger partial charge < -0.3 is 0 Å². The molecule has 0 bridgehead atoms. The highest BCUT2D eigenvalue weighted by Gasteiger charge is 2.32. The first-order valence-electron chi connectivity index (χ1n) is 8.34. The van der Waals surface area contributed by atoms with Crippen molar-refractivity contribution in [3.63, 3.8) is 0 Å². The lowest BCUT2D eigenvalue weighted by molar-refractivity contribution is 0.387. The maximum atomic E-state index is 2.37. The Kier molecular flexibility index (Phi) is 4.62. The smallest absolute Gasteiger partial charge is 0.0132 e. The van der Waals surface area contributed by atoms with Crippen LogP contribution in [0.25, 0.3) is 6.08 Å². The van der Waals surface area contributed by atoms with Crippen molar-refractivity contribution in [3.05, 3.63) is 102 Å². The third-order valence-electron chi connectivity index (χ3n) is 4.97. The minimum absolute atomic E-state index is 0.0560. The minimum Gasteiger partial charge on any atom is -0.0805 e.